The number of carbonyl (C=O) groups is 3. The molecule has 0 aliphatic carbocycles. The predicted octanol–water partition coefficient (Wildman–Crippen LogP) is 3.06. The van der Waals surface area contributed by atoms with Crippen molar-refractivity contribution in [2.75, 3.05) is 26.5 Å². The Bertz CT molecular complexity index is 593. The highest BCUT2D eigenvalue weighted by molar-refractivity contribution is 7.18. The molecule has 128 valence electrons. The third-order valence-corrected chi connectivity index (χ3v) is 4.59. The maximum atomic E-state index is 12.2. The molecule has 0 fully saturated rings. The Morgan fingerprint density at radius 3 is 2.39 bits per heavy atom. The van der Waals surface area contributed by atoms with E-state index in [0.29, 0.717) is 21.9 Å². The molecule has 1 rings (SSSR count). The molecule has 2 amide bonds. The second kappa shape index (κ2) is 8.67. The number of amides is 2. The van der Waals surface area contributed by atoms with Crippen LogP contribution in [0.25, 0.3) is 0 Å². The SMILES string of the molecule is CCCCCC(=O)Nc1sc(C(=O)N(C)C)c(C)c1C(=O)OC. The zero-order valence-corrected chi connectivity index (χ0v) is 15.1. The minimum absolute atomic E-state index is 0.159. The van der Waals surface area contributed by atoms with Crippen molar-refractivity contribution < 1.29 is 19.1 Å². The Morgan fingerprint density at radius 1 is 1.22 bits per heavy atom. The molecular formula is C16H24N2O4S. The first-order valence-corrected chi connectivity index (χ1v) is 8.38. The fourth-order valence-corrected chi connectivity index (χ4v) is 3.31. The highest BCUT2D eigenvalue weighted by atomic mass is 32.1. The average Bonchev–Trinajstić information content (AvgIpc) is 2.82. The lowest BCUT2D eigenvalue weighted by atomic mass is 10.1. The van der Waals surface area contributed by atoms with Crippen molar-refractivity contribution in [3.05, 3.63) is 16.0 Å². The van der Waals surface area contributed by atoms with Crippen molar-refractivity contribution in [2.24, 2.45) is 0 Å². The summed E-state index contributed by atoms with van der Waals surface area (Å²) >= 11 is 1.11. The number of thiophene rings is 1. The molecule has 0 unspecified atom stereocenters. The van der Waals surface area contributed by atoms with Gasteiger partial charge in [-0.3, -0.25) is 9.59 Å². The normalized spacial score (nSPS) is 10.3. The van der Waals surface area contributed by atoms with Crippen LogP contribution in [0, 0.1) is 6.92 Å². The number of ether oxygens (including phenoxy) is 1. The van der Waals surface area contributed by atoms with Crippen molar-refractivity contribution in [3.8, 4) is 0 Å². The van der Waals surface area contributed by atoms with Crippen LogP contribution in [0.3, 0.4) is 0 Å². The summed E-state index contributed by atoms with van der Waals surface area (Å²) in [6.07, 6.45) is 3.19. The van der Waals surface area contributed by atoms with Gasteiger partial charge >= 0.3 is 5.97 Å². The van der Waals surface area contributed by atoms with Crippen LogP contribution < -0.4 is 5.32 Å². The van der Waals surface area contributed by atoms with E-state index in [2.05, 4.69) is 12.2 Å². The fourth-order valence-electron chi connectivity index (χ4n) is 2.08. The highest BCUT2D eigenvalue weighted by Gasteiger charge is 2.26. The zero-order valence-electron chi connectivity index (χ0n) is 14.3. The molecule has 0 radical (unpaired) electrons. The summed E-state index contributed by atoms with van der Waals surface area (Å²) < 4.78 is 4.78. The molecule has 0 aromatic carbocycles. The molecule has 1 aromatic heterocycles. The molecule has 1 N–H and O–H groups in total. The van der Waals surface area contributed by atoms with Gasteiger partial charge in [0.25, 0.3) is 5.91 Å². The molecule has 0 bridgehead atoms. The topological polar surface area (TPSA) is 75.7 Å². The van der Waals surface area contributed by atoms with Gasteiger partial charge in [0, 0.05) is 20.5 Å². The highest BCUT2D eigenvalue weighted by Crippen LogP contribution is 2.34. The number of hydrogen-bond donors (Lipinski definition) is 1. The second-order valence-electron chi connectivity index (χ2n) is 5.46. The van der Waals surface area contributed by atoms with E-state index >= 15 is 0 Å². The van der Waals surface area contributed by atoms with Gasteiger partial charge in [-0.05, 0) is 18.9 Å². The number of carbonyl (C=O) groups excluding carboxylic acids is 3. The quantitative estimate of drug-likeness (QED) is 0.611. The molecule has 0 aliphatic heterocycles. The summed E-state index contributed by atoms with van der Waals surface area (Å²) in [5, 5.41) is 3.12. The van der Waals surface area contributed by atoms with E-state index in [1.54, 1.807) is 21.0 Å². The first-order chi connectivity index (χ1) is 10.8. The summed E-state index contributed by atoms with van der Waals surface area (Å²) in [4.78, 5) is 38.1. The Morgan fingerprint density at radius 2 is 1.87 bits per heavy atom. The number of nitrogens with zero attached hydrogens (tertiary/aromatic N) is 1. The molecule has 7 heteroatoms. The van der Waals surface area contributed by atoms with Gasteiger partial charge in [0.15, 0.2) is 0 Å². The van der Waals surface area contributed by atoms with Crippen LogP contribution in [0.1, 0.15) is 58.2 Å². The van der Waals surface area contributed by atoms with Gasteiger partial charge < -0.3 is 15.0 Å². The Balaban J connectivity index is 3.09. The minimum Gasteiger partial charge on any atom is -0.465 e. The molecule has 0 atom stereocenters. The van der Waals surface area contributed by atoms with E-state index in [4.69, 9.17) is 4.74 Å². The van der Waals surface area contributed by atoms with E-state index in [-0.39, 0.29) is 17.4 Å². The smallest absolute Gasteiger partial charge is 0.341 e. The van der Waals surface area contributed by atoms with Crippen molar-refractivity contribution >= 4 is 34.1 Å². The molecule has 0 saturated carbocycles. The number of esters is 1. The summed E-state index contributed by atoms with van der Waals surface area (Å²) in [5.74, 6) is -0.918. The van der Waals surface area contributed by atoms with E-state index in [1.165, 1.54) is 12.0 Å². The van der Waals surface area contributed by atoms with E-state index in [1.807, 2.05) is 0 Å². The molecule has 0 saturated heterocycles. The van der Waals surface area contributed by atoms with E-state index in [0.717, 1.165) is 30.6 Å². The van der Waals surface area contributed by atoms with Gasteiger partial charge in [-0.25, -0.2) is 4.79 Å². The summed E-state index contributed by atoms with van der Waals surface area (Å²) in [5.41, 5.74) is 0.788. The fraction of sp³-hybridized carbons (Fsp3) is 0.562. The monoisotopic (exact) mass is 340 g/mol. The number of anilines is 1. The van der Waals surface area contributed by atoms with E-state index < -0.39 is 5.97 Å². The standard InChI is InChI=1S/C16H24N2O4S/c1-6-7-8-9-11(19)17-14-12(16(21)22-5)10(2)13(23-14)15(20)18(3)4/h6-9H2,1-5H3,(H,17,19). The molecule has 6 nitrogen and oxygen atoms in total. The lowest BCUT2D eigenvalue weighted by molar-refractivity contribution is -0.116. The van der Waals surface area contributed by atoms with Crippen molar-refractivity contribution in [1.82, 2.24) is 4.90 Å². The summed E-state index contributed by atoms with van der Waals surface area (Å²) in [6.45, 7) is 3.75. The number of nitrogens with one attached hydrogen (secondary N) is 1. The maximum Gasteiger partial charge on any atom is 0.341 e. The molecule has 0 aliphatic rings. The zero-order chi connectivity index (χ0) is 17.6. The lowest BCUT2D eigenvalue weighted by Crippen LogP contribution is -2.21. The number of methoxy groups -OCH3 is 1. The lowest BCUT2D eigenvalue weighted by Gasteiger charge is -2.08. The Kier molecular flexibility index (Phi) is 7.22. The Labute approximate surface area is 140 Å². The van der Waals surface area contributed by atoms with Gasteiger partial charge in [0.1, 0.15) is 5.00 Å². The van der Waals surface area contributed by atoms with Crippen LogP contribution in [0.2, 0.25) is 0 Å². The van der Waals surface area contributed by atoms with Gasteiger partial charge in [-0.2, -0.15) is 0 Å². The molecular weight excluding hydrogens is 316 g/mol. The minimum atomic E-state index is -0.555. The number of rotatable bonds is 7. The van der Waals surface area contributed by atoms with Crippen LogP contribution in [-0.4, -0.2) is 43.9 Å². The van der Waals surface area contributed by atoms with Gasteiger partial charge in [-0.15, -0.1) is 11.3 Å². The van der Waals surface area contributed by atoms with Crippen LogP contribution in [-0.2, 0) is 9.53 Å². The Hall–Kier alpha value is -1.89. The van der Waals surface area contributed by atoms with Crippen LogP contribution in [0.4, 0.5) is 5.00 Å². The van der Waals surface area contributed by atoms with Gasteiger partial charge in [0.05, 0.1) is 17.6 Å². The first-order valence-electron chi connectivity index (χ1n) is 7.56. The molecule has 0 spiro atoms. The average molecular weight is 340 g/mol. The number of hydrogen-bond acceptors (Lipinski definition) is 5. The molecule has 1 aromatic rings. The van der Waals surface area contributed by atoms with Gasteiger partial charge in [-0.1, -0.05) is 19.8 Å². The number of unbranched alkanes of at least 4 members (excludes halogenated alkanes) is 2. The van der Waals surface area contributed by atoms with Crippen LogP contribution >= 0.6 is 11.3 Å². The van der Waals surface area contributed by atoms with Crippen molar-refractivity contribution in [2.45, 2.75) is 39.5 Å². The van der Waals surface area contributed by atoms with Crippen molar-refractivity contribution in [3.63, 3.8) is 0 Å². The van der Waals surface area contributed by atoms with Gasteiger partial charge in [0.2, 0.25) is 5.91 Å². The van der Waals surface area contributed by atoms with E-state index in [9.17, 15) is 14.4 Å². The summed E-state index contributed by atoms with van der Waals surface area (Å²) in [6, 6.07) is 0. The van der Waals surface area contributed by atoms with Crippen molar-refractivity contribution in [1.29, 1.82) is 0 Å². The summed E-state index contributed by atoms with van der Waals surface area (Å²) in [7, 11) is 4.56. The molecule has 1 heterocycles. The maximum absolute atomic E-state index is 12.2. The second-order valence-corrected chi connectivity index (χ2v) is 6.48. The largest absolute Gasteiger partial charge is 0.465 e. The predicted molar refractivity (Wildman–Crippen MR) is 91.2 cm³/mol. The van der Waals surface area contributed by atoms with Crippen LogP contribution in [0.5, 0.6) is 0 Å². The third-order valence-electron chi connectivity index (χ3n) is 3.40. The molecule has 23 heavy (non-hydrogen) atoms. The third kappa shape index (κ3) is 4.79. The first kappa shape index (κ1) is 19.2. The van der Waals surface area contributed by atoms with Crippen LogP contribution in [0.15, 0.2) is 0 Å².